The Morgan fingerprint density at radius 2 is 1.73 bits per heavy atom. The number of ether oxygens (including phenoxy) is 2. The Kier molecular flexibility index (Phi) is 6.72. The molecule has 6 rings (SSSR count). The summed E-state index contributed by atoms with van der Waals surface area (Å²) in [6.07, 6.45) is 1.72. The molecule has 1 atom stereocenters. The van der Waals surface area contributed by atoms with Crippen molar-refractivity contribution in [2.24, 2.45) is 0 Å². The number of aromatic nitrogens is 2. The number of aromatic amines is 1. The van der Waals surface area contributed by atoms with Crippen LogP contribution in [0.5, 0.6) is 11.5 Å². The number of benzene rings is 2. The second-order valence-electron chi connectivity index (χ2n) is 9.92. The summed E-state index contributed by atoms with van der Waals surface area (Å²) in [6, 6.07) is 9.44. The lowest BCUT2D eigenvalue weighted by atomic mass is 9.60. The van der Waals surface area contributed by atoms with Gasteiger partial charge in [0.25, 0.3) is 11.8 Å². The number of nitrogens with one attached hydrogen (secondary N) is 3. The molecular formula is C26H28ClFN4O5. The molecule has 3 aromatic rings. The van der Waals surface area contributed by atoms with Crippen LogP contribution in [-0.2, 0) is 9.59 Å². The zero-order valence-electron chi connectivity index (χ0n) is 20.3. The number of carbonyl (C=O) groups excluding carboxylic acids is 2. The van der Waals surface area contributed by atoms with Crippen LogP contribution in [-0.4, -0.2) is 57.5 Å². The highest BCUT2D eigenvalue weighted by Gasteiger charge is 2.55. The van der Waals surface area contributed by atoms with E-state index in [9.17, 15) is 19.1 Å². The largest absolute Gasteiger partial charge is 0.484 e. The van der Waals surface area contributed by atoms with E-state index in [-0.39, 0.29) is 35.8 Å². The number of nitrogens with zero attached hydrogens (tertiary/aromatic N) is 1. The van der Waals surface area contributed by atoms with Crippen LogP contribution in [0, 0.1) is 12.7 Å². The summed E-state index contributed by atoms with van der Waals surface area (Å²) in [5.74, 6) is -0.563. The molecule has 3 aliphatic carbocycles. The second kappa shape index (κ2) is 9.83. The van der Waals surface area contributed by atoms with Crippen LogP contribution < -0.4 is 20.1 Å². The highest BCUT2D eigenvalue weighted by Crippen LogP contribution is 2.47. The van der Waals surface area contributed by atoms with E-state index in [0.717, 1.165) is 22.7 Å². The molecule has 2 bridgehead atoms. The Morgan fingerprint density at radius 3 is 2.41 bits per heavy atom. The monoisotopic (exact) mass is 530 g/mol. The van der Waals surface area contributed by atoms with Gasteiger partial charge in [0.15, 0.2) is 13.2 Å². The van der Waals surface area contributed by atoms with Crippen LogP contribution in [0.4, 0.5) is 4.39 Å². The molecule has 1 aromatic heterocycles. The number of fused-ring (bicyclic) bond motifs is 4. The Hall–Kier alpha value is -3.37. The van der Waals surface area contributed by atoms with E-state index in [0.29, 0.717) is 37.9 Å². The van der Waals surface area contributed by atoms with Crippen molar-refractivity contribution in [3.05, 3.63) is 52.9 Å². The second-order valence-corrected chi connectivity index (χ2v) is 10.3. The molecule has 0 spiro atoms. The van der Waals surface area contributed by atoms with Crippen molar-refractivity contribution >= 4 is 34.3 Å². The zero-order valence-corrected chi connectivity index (χ0v) is 21.0. The third kappa shape index (κ3) is 5.21. The Labute approximate surface area is 217 Å². The number of aryl methyl sites for hydroxylation is 1. The fourth-order valence-corrected chi connectivity index (χ4v) is 5.51. The number of rotatable bonds is 8. The van der Waals surface area contributed by atoms with Crippen molar-refractivity contribution in [1.82, 2.24) is 20.8 Å². The van der Waals surface area contributed by atoms with Gasteiger partial charge in [-0.1, -0.05) is 11.6 Å². The molecular weight excluding hydrogens is 503 g/mol. The lowest BCUT2D eigenvalue weighted by molar-refractivity contribution is -0.137. The zero-order chi connectivity index (χ0) is 26.2. The van der Waals surface area contributed by atoms with Gasteiger partial charge in [0.2, 0.25) is 0 Å². The predicted octanol–water partition coefficient (Wildman–Crippen LogP) is 3.17. The summed E-state index contributed by atoms with van der Waals surface area (Å²) >= 11 is 5.67. The van der Waals surface area contributed by atoms with Crippen LogP contribution >= 0.6 is 11.6 Å². The van der Waals surface area contributed by atoms with Gasteiger partial charge in [-0.3, -0.25) is 14.7 Å². The third-order valence-electron chi connectivity index (χ3n) is 7.47. The number of hydrogen-bond donors (Lipinski definition) is 4. The topological polar surface area (TPSA) is 126 Å². The Balaban J connectivity index is 1.12. The summed E-state index contributed by atoms with van der Waals surface area (Å²) in [6.45, 7) is 1.43. The van der Waals surface area contributed by atoms with Gasteiger partial charge >= 0.3 is 0 Å². The average Bonchev–Trinajstić information content (AvgIpc) is 3.24. The molecule has 0 saturated heterocycles. The predicted molar refractivity (Wildman–Crippen MR) is 134 cm³/mol. The summed E-state index contributed by atoms with van der Waals surface area (Å²) in [4.78, 5) is 25.3. The first-order valence-electron chi connectivity index (χ1n) is 12.1. The van der Waals surface area contributed by atoms with E-state index in [1.807, 2.05) is 13.0 Å². The fourth-order valence-electron chi connectivity index (χ4n) is 5.40. The average molecular weight is 531 g/mol. The van der Waals surface area contributed by atoms with Crippen LogP contribution in [0.1, 0.15) is 37.8 Å². The normalized spacial score (nSPS) is 24.6. The van der Waals surface area contributed by atoms with E-state index < -0.39 is 23.0 Å². The summed E-state index contributed by atoms with van der Waals surface area (Å²) < 4.78 is 24.6. The molecule has 3 fully saturated rings. The van der Waals surface area contributed by atoms with Crippen LogP contribution in [0.15, 0.2) is 36.4 Å². The summed E-state index contributed by atoms with van der Waals surface area (Å²) in [7, 11) is 0. The molecule has 2 amide bonds. The van der Waals surface area contributed by atoms with Crippen LogP contribution in [0.25, 0.3) is 10.9 Å². The van der Waals surface area contributed by atoms with Crippen LogP contribution in [0.2, 0.25) is 5.02 Å². The SMILES string of the molecule is Cc1n[nH]c2cc(OCC(=O)NC34CCC(NC(=O)COc5ccc(Cl)c(F)c5)(CC3)C[C@@H]4O)ccc12. The van der Waals surface area contributed by atoms with Crippen molar-refractivity contribution in [3.8, 4) is 11.5 Å². The van der Waals surface area contributed by atoms with Gasteiger partial charge in [0, 0.05) is 23.1 Å². The number of carbonyl (C=O) groups is 2. The maximum atomic E-state index is 13.6. The van der Waals surface area contributed by atoms with E-state index in [1.54, 1.807) is 12.1 Å². The van der Waals surface area contributed by atoms with Gasteiger partial charge in [-0.05, 0) is 63.3 Å². The van der Waals surface area contributed by atoms with E-state index in [1.165, 1.54) is 12.1 Å². The van der Waals surface area contributed by atoms with Gasteiger partial charge in [0.05, 0.1) is 27.9 Å². The van der Waals surface area contributed by atoms with Crippen molar-refractivity contribution in [3.63, 3.8) is 0 Å². The summed E-state index contributed by atoms with van der Waals surface area (Å²) in [5.41, 5.74) is 0.382. The number of aliphatic hydroxyl groups is 1. The lowest BCUT2D eigenvalue weighted by Gasteiger charge is -2.56. The molecule has 9 nitrogen and oxygen atoms in total. The van der Waals surface area contributed by atoms with Gasteiger partial charge in [-0.2, -0.15) is 5.10 Å². The van der Waals surface area contributed by atoms with Crippen LogP contribution in [0.3, 0.4) is 0 Å². The van der Waals surface area contributed by atoms with E-state index in [4.69, 9.17) is 21.1 Å². The maximum Gasteiger partial charge on any atom is 0.258 e. The molecule has 11 heteroatoms. The minimum Gasteiger partial charge on any atom is -0.484 e. The van der Waals surface area contributed by atoms with Crippen molar-refractivity contribution in [1.29, 1.82) is 0 Å². The number of H-pyrrole nitrogens is 1. The molecule has 4 N–H and O–H groups in total. The molecule has 0 aliphatic heterocycles. The Bertz CT molecular complexity index is 1340. The number of halogens is 2. The van der Waals surface area contributed by atoms with Gasteiger partial charge in [-0.15, -0.1) is 0 Å². The maximum absolute atomic E-state index is 13.6. The molecule has 196 valence electrons. The quantitative estimate of drug-likeness (QED) is 0.354. The molecule has 3 aliphatic rings. The van der Waals surface area contributed by atoms with Crippen molar-refractivity contribution in [2.45, 2.75) is 56.2 Å². The van der Waals surface area contributed by atoms with Gasteiger partial charge < -0.3 is 25.2 Å². The minimum atomic E-state index is -0.824. The highest BCUT2D eigenvalue weighted by atomic mass is 35.5. The molecule has 37 heavy (non-hydrogen) atoms. The molecule has 0 radical (unpaired) electrons. The summed E-state index contributed by atoms with van der Waals surface area (Å²) in [5, 5.41) is 25.0. The van der Waals surface area contributed by atoms with E-state index >= 15 is 0 Å². The number of amides is 2. The smallest absolute Gasteiger partial charge is 0.258 e. The van der Waals surface area contributed by atoms with Gasteiger partial charge in [-0.25, -0.2) is 4.39 Å². The first-order valence-corrected chi connectivity index (χ1v) is 12.5. The Morgan fingerprint density at radius 1 is 1.08 bits per heavy atom. The lowest BCUT2D eigenvalue weighted by Crippen LogP contribution is -2.70. The van der Waals surface area contributed by atoms with Crippen molar-refractivity contribution in [2.75, 3.05) is 13.2 Å². The van der Waals surface area contributed by atoms with Crippen molar-refractivity contribution < 1.29 is 28.6 Å². The molecule has 1 heterocycles. The molecule has 2 aromatic carbocycles. The van der Waals surface area contributed by atoms with E-state index in [2.05, 4.69) is 20.8 Å². The standard InChI is InChI=1S/C26H28ClFN4O5/c1-15-18-4-2-17(11-21(18)32-31-15)37-14-24(35)30-26-8-6-25(7-9-26,12-22(26)33)29-23(34)13-36-16-3-5-19(27)20(28)10-16/h2-5,10-11,22,33H,6-9,12-14H2,1H3,(H,29,34)(H,30,35)(H,31,32)/t22-,25?,26?/m0/s1. The molecule has 0 unspecified atom stereocenters. The molecule has 3 saturated carbocycles. The fraction of sp³-hybridized carbons (Fsp3) is 0.423. The number of hydrogen-bond acceptors (Lipinski definition) is 6. The highest BCUT2D eigenvalue weighted by molar-refractivity contribution is 6.30. The van der Waals surface area contributed by atoms with Gasteiger partial charge in [0.1, 0.15) is 17.3 Å². The first-order chi connectivity index (χ1) is 17.7. The first kappa shape index (κ1) is 25.3. The minimum absolute atomic E-state index is 0.0260. The third-order valence-corrected chi connectivity index (χ3v) is 7.78. The number of aliphatic hydroxyl groups excluding tert-OH is 1.